The van der Waals surface area contributed by atoms with Crippen LogP contribution in [0.2, 0.25) is 0 Å². The van der Waals surface area contributed by atoms with Gasteiger partial charge >= 0.3 is 12.1 Å². The first kappa shape index (κ1) is 24.7. The molecule has 0 bridgehead atoms. The van der Waals surface area contributed by atoms with Crippen LogP contribution in [0.25, 0.3) is 11.1 Å². The van der Waals surface area contributed by atoms with Gasteiger partial charge in [-0.1, -0.05) is 48.5 Å². The molecule has 1 fully saturated rings. The number of hydrogen-bond acceptors (Lipinski definition) is 6. The summed E-state index contributed by atoms with van der Waals surface area (Å²) < 4.78 is 16.2. The van der Waals surface area contributed by atoms with Crippen LogP contribution in [0.15, 0.2) is 48.5 Å². The molecule has 2 amide bonds. The maximum absolute atomic E-state index is 12.5. The number of alkyl carbamates (subject to hydrolysis) is 1. The summed E-state index contributed by atoms with van der Waals surface area (Å²) in [6.45, 7) is 2.13. The van der Waals surface area contributed by atoms with Gasteiger partial charge in [-0.3, -0.25) is 4.79 Å². The standard InChI is InChI=1S/C26H30N2O7/c1-15(33-2)23(25(30)31)28-24(29)16-11-17(34-13-16)12-27-26(32)35-14-22-20-9-5-3-7-18(20)19-8-4-6-10-21(19)22/h3-10,15-17,22-23H,11-14H2,1-2H3,(H,27,32)(H,28,29)(H,30,31). The molecule has 1 aliphatic carbocycles. The molecule has 9 nitrogen and oxygen atoms in total. The molecular weight excluding hydrogens is 452 g/mol. The van der Waals surface area contributed by atoms with Gasteiger partial charge in [0.05, 0.1) is 24.7 Å². The predicted molar refractivity (Wildman–Crippen MR) is 127 cm³/mol. The maximum atomic E-state index is 12.5. The van der Waals surface area contributed by atoms with Gasteiger partial charge < -0.3 is 30.0 Å². The van der Waals surface area contributed by atoms with E-state index in [1.807, 2.05) is 24.3 Å². The van der Waals surface area contributed by atoms with E-state index in [0.29, 0.717) is 6.42 Å². The minimum atomic E-state index is -1.17. The summed E-state index contributed by atoms with van der Waals surface area (Å²) in [5, 5.41) is 14.5. The summed E-state index contributed by atoms with van der Waals surface area (Å²) in [4.78, 5) is 36.3. The average Bonchev–Trinajstić information content (AvgIpc) is 3.47. The van der Waals surface area contributed by atoms with Gasteiger partial charge in [0.2, 0.25) is 5.91 Å². The van der Waals surface area contributed by atoms with Crippen molar-refractivity contribution in [1.29, 1.82) is 0 Å². The average molecular weight is 483 g/mol. The zero-order chi connectivity index (χ0) is 24.9. The summed E-state index contributed by atoms with van der Waals surface area (Å²) in [7, 11) is 1.39. The highest BCUT2D eigenvalue weighted by Gasteiger charge is 2.35. The molecule has 35 heavy (non-hydrogen) atoms. The van der Waals surface area contributed by atoms with E-state index in [2.05, 4.69) is 34.9 Å². The van der Waals surface area contributed by atoms with Gasteiger partial charge in [0.25, 0.3) is 0 Å². The van der Waals surface area contributed by atoms with Crippen molar-refractivity contribution in [3.63, 3.8) is 0 Å². The first-order valence-electron chi connectivity index (χ1n) is 11.7. The lowest BCUT2D eigenvalue weighted by molar-refractivity contribution is -0.146. The van der Waals surface area contributed by atoms with E-state index in [1.54, 1.807) is 6.92 Å². The molecule has 3 N–H and O–H groups in total. The fraction of sp³-hybridized carbons (Fsp3) is 0.423. The second kappa shape index (κ2) is 10.9. The third-order valence-corrected chi connectivity index (χ3v) is 6.67. The molecule has 0 aromatic heterocycles. The van der Waals surface area contributed by atoms with E-state index in [1.165, 1.54) is 7.11 Å². The highest BCUT2D eigenvalue weighted by atomic mass is 16.5. The van der Waals surface area contributed by atoms with Crippen LogP contribution in [0.5, 0.6) is 0 Å². The number of carboxylic acids is 1. The van der Waals surface area contributed by atoms with E-state index >= 15 is 0 Å². The van der Waals surface area contributed by atoms with Crippen molar-refractivity contribution in [1.82, 2.24) is 10.6 Å². The van der Waals surface area contributed by atoms with Crippen molar-refractivity contribution in [2.75, 3.05) is 26.9 Å². The minimum absolute atomic E-state index is 0.0272. The molecule has 9 heteroatoms. The molecule has 0 radical (unpaired) electrons. The van der Waals surface area contributed by atoms with Gasteiger partial charge in [-0.2, -0.15) is 0 Å². The first-order chi connectivity index (χ1) is 16.9. The van der Waals surface area contributed by atoms with Crippen LogP contribution in [0, 0.1) is 5.92 Å². The first-order valence-corrected chi connectivity index (χ1v) is 11.7. The molecule has 2 aliphatic rings. The second-order valence-electron chi connectivity index (χ2n) is 8.86. The molecule has 2 aromatic carbocycles. The lowest BCUT2D eigenvalue weighted by Crippen LogP contribution is -2.50. The Morgan fingerprint density at radius 2 is 1.71 bits per heavy atom. The Morgan fingerprint density at radius 3 is 2.31 bits per heavy atom. The Bertz CT molecular complexity index is 1040. The zero-order valence-corrected chi connectivity index (χ0v) is 19.7. The number of amides is 2. The number of carbonyl (C=O) groups excluding carboxylic acids is 2. The SMILES string of the molecule is COC(C)C(NC(=O)C1COC(CNC(=O)OCC2c3ccccc3-c3ccccc32)C1)C(=O)O. The Morgan fingerprint density at radius 1 is 1.09 bits per heavy atom. The topological polar surface area (TPSA) is 123 Å². The molecule has 4 atom stereocenters. The Hall–Kier alpha value is -3.43. The van der Waals surface area contributed by atoms with Crippen LogP contribution in [-0.4, -0.2) is 68.2 Å². The maximum Gasteiger partial charge on any atom is 0.407 e. The highest BCUT2D eigenvalue weighted by molar-refractivity contribution is 5.85. The van der Waals surface area contributed by atoms with Crippen LogP contribution >= 0.6 is 0 Å². The van der Waals surface area contributed by atoms with E-state index in [4.69, 9.17) is 14.2 Å². The van der Waals surface area contributed by atoms with Crippen LogP contribution in [-0.2, 0) is 23.8 Å². The van der Waals surface area contributed by atoms with Crippen molar-refractivity contribution in [2.24, 2.45) is 5.92 Å². The monoisotopic (exact) mass is 482 g/mol. The van der Waals surface area contributed by atoms with Gasteiger partial charge in [0.1, 0.15) is 6.61 Å². The fourth-order valence-electron chi connectivity index (χ4n) is 4.66. The predicted octanol–water partition coefficient (Wildman–Crippen LogP) is 2.53. The third kappa shape index (κ3) is 5.47. The molecule has 186 valence electrons. The molecule has 1 heterocycles. The smallest absolute Gasteiger partial charge is 0.407 e. The van der Waals surface area contributed by atoms with Crippen LogP contribution in [0.1, 0.15) is 30.4 Å². The van der Waals surface area contributed by atoms with Crippen molar-refractivity contribution < 1.29 is 33.7 Å². The van der Waals surface area contributed by atoms with Gasteiger partial charge in [0.15, 0.2) is 6.04 Å². The largest absolute Gasteiger partial charge is 0.480 e. The molecule has 0 spiro atoms. The lowest BCUT2D eigenvalue weighted by Gasteiger charge is -2.21. The lowest BCUT2D eigenvalue weighted by atomic mass is 9.98. The van der Waals surface area contributed by atoms with Crippen molar-refractivity contribution in [3.05, 3.63) is 59.7 Å². The van der Waals surface area contributed by atoms with Crippen molar-refractivity contribution >= 4 is 18.0 Å². The highest BCUT2D eigenvalue weighted by Crippen LogP contribution is 2.44. The minimum Gasteiger partial charge on any atom is -0.480 e. The molecule has 4 unspecified atom stereocenters. The van der Waals surface area contributed by atoms with Gasteiger partial charge in [0, 0.05) is 19.6 Å². The van der Waals surface area contributed by atoms with Crippen LogP contribution < -0.4 is 10.6 Å². The van der Waals surface area contributed by atoms with E-state index in [0.717, 1.165) is 22.3 Å². The number of carbonyl (C=O) groups is 3. The summed E-state index contributed by atoms with van der Waals surface area (Å²) in [5.74, 6) is -2.11. The van der Waals surface area contributed by atoms with Gasteiger partial charge in [-0.05, 0) is 35.6 Å². The third-order valence-electron chi connectivity index (χ3n) is 6.67. The number of fused-ring (bicyclic) bond motifs is 3. The Kier molecular flexibility index (Phi) is 7.67. The summed E-state index contributed by atoms with van der Waals surface area (Å²) in [5.41, 5.74) is 4.59. The second-order valence-corrected chi connectivity index (χ2v) is 8.86. The van der Waals surface area contributed by atoms with Crippen molar-refractivity contribution in [3.8, 4) is 11.1 Å². The molecular formula is C26H30N2O7. The molecule has 1 aliphatic heterocycles. The zero-order valence-electron chi connectivity index (χ0n) is 19.7. The number of benzene rings is 2. The molecule has 4 rings (SSSR count). The molecule has 0 saturated carbocycles. The van der Waals surface area contributed by atoms with Gasteiger partial charge in [-0.15, -0.1) is 0 Å². The number of rotatable bonds is 9. The molecule has 1 saturated heterocycles. The van der Waals surface area contributed by atoms with Crippen LogP contribution in [0.3, 0.4) is 0 Å². The Labute approximate surface area is 203 Å². The fourth-order valence-corrected chi connectivity index (χ4v) is 4.66. The van der Waals surface area contributed by atoms with E-state index in [-0.39, 0.29) is 31.8 Å². The summed E-state index contributed by atoms with van der Waals surface area (Å²) in [6, 6.07) is 15.1. The summed E-state index contributed by atoms with van der Waals surface area (Å²) >= 11 is 0. The van der Waals surface area contributed by atoms with E-state index < -0.39 is 36.0 Å². The summed E-state index contributed by atoms with van der Waals surface area (Å²) in [6.07, 6.45) is -1.23. The van der Waals surface area contributed by atoms with Crippen LogP contribution in [0.4, 0.5) is 4.79 Å². The van der Waals surface area contributed by atoms with Crippen molar-refractivity contribution in [2.45, 2.75) is 37.5 Å². The van der Waals surface area contributed by atoms with E-state index in [9.17, 15) is 19.5 Å². The quantitative estimate of drug-likeness (QED) is 0.502. The number of hydrogen-bond donors (Lipinski definition) is 3. The number of carboxylic acid groups (broad SMARTS) is 1. The van der Waals surface area contributed by atoms with Gasteiger partial charge in [-0.25, -0.2) is 9.59 Å². The Balaban J connectivity index is 1.24. The normalized spacial score (nSPS) is 20.4. The number of nitrogens with one attached hydrogen (secondary N) is 2. The number of methoxy groups -OCH3 is 1. The number of aliphatic carboxylic acids is 1. The molecule has 2 aromatic rings. The number of ether oxygens (including phenoxy) is 3.